The molecule has 1 atom stereocenters. The molecule has 0 bridgehead atoms. The first-order valence-electron chi connectivity index (χ1n) is 6.98. The van der Waals surface area contributed by atoms with Crippen molar-refractivity contribution in [3.8, 4) is 0 Å². The zero-order valence-corrected chi connectivity index (χ0v) is 12.8. The normalized spacial score (nSPS) is 12.2. The third-order valence-electron chi connectivity index (χ3n) is 3.68. The number of carbonyl (C=O) groups is 2. The van der Waals surface area contributed by atoms with Crippen LogP contribution in [0.1, 0.15) is 60.4 Å². The van der Waals surface area contributed by atoms with Crippen LogP contribution in [0.15, 0.2) is 0 Å². The Morgan fingerprint density at radius 3 is 2.30 bits per heavy atom. The van der Waals surface area contributed by atoms with Gasteiger partial charge in [-0.1, -0.05) is 13.8 Å². The first kappa shape index (κ1) is 16.3. The van der Waals surface area contributed by atoms with E-state index in [9.17, 15) is 14.7 Å². The van der Waals surface area contributed by atoms with Crippen LogP contribution < -0.4 is 0 Å². The molecular weight excluding hydrogens is 258 g/mol. The first-order valence-corrected chi connectivity index (χ1v) is 6.98. The van der Waals surface area contributed by atoms with Crippen LogP contribution in [0.3, 0.4) is 0 Å². The van der Waals surface area contributed by atoms with Gasteiger partial charge in [-0.15, -0.1) is 0 Å². The number of carboxylic acids is 1. The second kappa shape index (κ2) is 6.59. The summed E-state index contributed by atoms with van der Waals surface area (Å²) in [7, 11) is 1.81. The molecule has 1 aromatic rings. The standard InChI is InChI=1S/C15H23NO4/c1-6-10(14(17)18)13-12(15(19)20-8-3)9(4)11(7-2)16(13)5/h10H,6-8H2,1-5H3,(H,17,18). The average Bonchev–Trinajstić information content (AvgIpc) is 2.62. The average molecular weight is 281 g/mol. The fourth-order valence-electron chi connectivity index (χ4n) is 2.76. The van der Waals surface area contributed by atoms with Crippen molar-refractivity contribution < 1.29 is 19.4 Å². The smallest absolute Gasteiger partial charge is 0.340 e. The fraction of sp³-hybridized carbons (Fsp3) is 0.600. The molecule has 0 saturated carbocycles. The molecule has 0 aliphatic rings. The number of carbonyl (C=O) groups excluding carboxylic acids is 1. The van der Waals surface area contributed by atoms with E-state index in [-0.39, 0.29) is 6.61 Å². The number of aliphatic carboxylic acids is 1. The van der Waals surface area contributed by atoms with Gasteiger partial charge >= 0.3 is 11.9 Å². The zero-order valence-electron chi connectivity index (χ0n) is 12.8. The predicted molar refractivity (Wildman–Crippen MR) is 76.2 cm³/mol. The van der Waals surface area contributed by atoms with E-state index in [0.29, 0.717) is 17.7 Å². The minimum absolute atomic E-state index is 0.276. The molecule has 0 saturated heterocycles. The Hall–Kier alpha value is -1.78. The second-order valence-corrected chi connectivity index (χ2v) is 4.76. The van der Waals surface area contributed by atoms with E-state index in [1.807, 2.05) is 32.4 Å². The molecule has 1 unspecified atom stereocenters. The topological polar surface area (TPSA) is 68.5 Å². The van der Waals surface area contributed by atoms with Gasteiger partial charge in [0.25, 0.3) is 0 Å². The van der Waals surface area contributed by atoms with Crippen LogP contribution in [0.25, 0.3) is 0 Å². The molecule has 20 heavy (non-hydrogen) atoms. The third kappa shape index (κ3) is 2.71. The lowest BCUT2D eigenvalue weighted by Gasteiger charge is -2.14. The van der Waals surface area contributed by atoms with Gasteiger partial charge in [-0.25, -0.2) is 4.79 Å². The molecule has 5 nitrogen and oxygen atoms in total. The largest absolute Gasteiger partial charge is 0.481 e. The highest BCUT2D eigenvalue weighted by Gasteiger charge is 2.31. The molecule has 0 aliphatic heterocycles. The van der Waals surface area contributed by atoms with Crippen molar-refractivity contribution in [3.63, 3.8) is 0 Å². The lowest BCUT2D eigenvalue weighted by molar-refractivity contribution is -0.139. The summed E-state index contributed by atoms with van der Waals surface area (Å²) in [6, 6.07) is 0. The molecule has 112 valence electrons. The molecule has 0 radical (unpaired) electrons. The fourth-order valence-corrected chi connectivity index (χ4v) is 2.76. The Kier molecular flexibility index (Phi) is 5.36. The molecular formula is C15H23NO4. The molecule has 1 rings (SSSR count). The van der Waals surface area contributed by atoms with E-state index in [2.05, 4.69) is 0 Å². The predicted octanol–water partition coefficient (Wildman–Crippen LogP) is 2.65. The van der Waals surface area contributed by atoms with Gasteiger partial charge < -0.3 is 14.4 Å². The van der Waals surface area contributed by atoms with Crippen LogP contribution in [0.5, 0.6) is 0 Å². The lowest BCUT2D eigenvalue weighted by Crippen LogP contribution is -2.19. The van der Waals surface area contributed by atoms with Gasteiger partial charge in [0, 0.05) is 18.4 Å². The summed E-state index contributed by atoms with van der Waals surface area (Å²) in [5.74, 6) is -2.05. The van der Waals surface area contributed by atoms with Gasteiger partial charge in [0.05, 0.1) is 18.1 Å². The third-order valence-corrected chi connectivity index (χ3v) is 3.68. The van der Waals surface area contributed by atoms with E-state index in [1.165, 1.54) is 0 Å². The molecule has 5 heteroatoms. The van der Waals surface area contributed by atoms with Crippen LogP contribution in [0.4, 0.5) is 0 Å². The number of aromatic nitrogens is 1. The summed E-state index contributed by atoms with van der Waals surface area (Å²) >= 11 is 0. The van der Waals surface area contributed by atoms with E-state index in [1.54, 1.807) is 6.92 Å². The molecule has 0 amide bonds. The zero-order chi connectivity index (χ0) is 15.4. The summed E-state index contributed by atoms with van der Waals surface area (Å²) in [4.78, 5) is 23.6. The SMILES string of the molecule is CCOC(=O)c1c(C)c(CC)n(C)c1C(CC)C(=O)O. The Morgan fingerprint density at radius 2 is 1.90 bits per heavy atom. The van der Waals surface area contributed by atoms with Crippen molar-refractivity contribution in [3.05, 3.63) is 22.5 Å². The quantitative estimate of drug-likeness (QED) is 0.814. The van der Waals surface area contributed by atoms with Gasteiger partial charge in [0.15, 0.2) is 0 Å². The number of hydrogen-bond donors (Lipinski definition) is 1. The summed E-state index contributed by atoms with van der Waals surface area (Å²) in [5, 5.41) is 9.39. The Bertz CT molecular complexity index is 516. The highest BCUT2D eigenvalue weighted by Crippen LogP contribution is 2.31. The maximum atomic E-state index is 12.2. The van der Waals surface area contributed by atoms with Gasteiger partial charge in [-0.3, -0.25) is 4.79 Å². The van der Waals surface area contributed by atoms with Crippen molar-refractivity contribution in [2.75, 3.05) is 6.61 Å². The van der Waals surface area contributed by atoms with Gasteiger partial charge in [-0.05, 0) is 32.3 Å². The Balaban J connectivity index is 3.54. The highest BCUT2D eigenvalue weighted by molar-refractivity contribution is 5.95. The Labute approximate surface area is 119 Å². The molecule has 0 aliphatic carbocycles. The van der Waals surface area contributed by atoms with E-state index in [4.69, 9.17) is 4.74 Å². The van der Waals surface area contributed by atoms with E-state index in [0.717, 1.165) is 17.7 Å². The number of carboxylic acid groups (broad SMARTS) is 1. The number of ether oxygens (including phenoxy) is 1. The van der Waals surface area contributed by atoms with Crippen LogP contribution in [-0.2, 0) is 23.0 Å². The second-order valence-electron chi connectivity index (χ2n) is 4.76. The van der Waals surface area contributed by atoms with Crippen molar-refractivity contribution in [1.29, 1.82) is 0 Å². The van der Waals surface area contributed by atoms with Crippen LogP contribution in [0.2, 0.25) is 0 Å². The summed E-state index contributed by atoms with van der Waals surface area (Å²) < 4.78 is 6.93. The Morgan fingerprint density at radius 1 is 1.30 bits per heavy atom. The lowest BCUT2D eigenvalue weighted by atomic mass is 9.97. The molecule has 1 aromatic heterocycles. The first-order chi connectivity index (χ1) is 9.40. The maximum Gasteiger partial charge on any atom is 0.340 e. The minimum atomic E-state index is -0.915. The number of nitrogens with zero attached hydrogens (tertiary/aromatic N) is 1. The highest BCUT2D eigenvalue weighted by atomic mass is 16.5. The maximum absolute atomic E-state index is 12.2. The molecule has 0 spiro atoms. The molecule has 1 N–H and O–H groups in total. The van der Waals surface area contributed by atoms with Crippen LogP contribution in [0, 0.1) is 6.92 Å². The summed E-state index contributed by atoms with van der Waals surface area (Å²) in [6.45, 7) is 7.66. The number of rotatable bonds is 6. The molecule has 0 aromatic carbocycles. The van der Waals surface area contributed by atoms with Gasteiger partial charge in [0.2, 0.25) is 0 Å². The van der Waals surface area contributed by atoms with E-state index < -0.39 is 17.9 Å². The van der Waals surface area contributed by atoms with Crippen LogP contribution >= 0.6 is 0 Å². The van der Waals surface area contributed by atoms with Gasteiger partial charge in [0.1, 0.15) is 0 Å². The minimum Gasteiger partial charge on any atom is -0.481 e. The molecule has 0 fully saturated rings. The van der Waals surface area contributed by atoms with Gasteiger partial charge in [-0.2, -0.15) is 0 Å². The number of esters is 1. The van der Waals surface area contributed by atoms with Crippen molar-refractivity contribution in [1.82, 2.24) is 4.57 Å². The molecule has 1 heterocycles. The van der Waals surface area contributed by atoms with Crippen molar-refractivity contribution >= 4 is 11.9 Å². The number of hydrogen-bond acceptors (Lipinski definition) is 3. The van der Waals surface area contributed by atoms with Crippen molar-refractivity contribution in [2.24, 2.45) is 7.05 Å². The summed E-state index contributed by atoms with van der Waals surface area (Å²) in [5.41, 5.74) is 2.76. The summed E-state index contributed by atoms with van der Waals surface area (Å²) in [6.07, 6.45) is 1.17. The monoisotopic (exact) mass is 281 g/mol. The van der Waals surface area contributed by atoms with Crippen LogP contribution in [-0.4, -0.2) is 28.2 Å². The van der Waals surface area contributed by atoms with Crippen molar-refractivity contribution in [2.45, 2.75) is 46.5 Å². The van der Waals surface area contributed by atoms with E-state index >= 15 is 0 Å².